The molecule has 2 bridgehead atoms. The van der Waals surface area contributed by atoms with E-state index in [0.717, 1.165) is 15.6 Å². The smallest absolute Gasteiger partial charge is 0.0729 e. The van der Waals surface area contributed by atoms with Crippen LogP contribution in [-0.2, 0) is 46.4 Å². The van der Waals surface area contributed by atoms with Crippen molar-refractivity contribution in [2.24, 2.45) is 0 Å². The fourth-order valence-electron chi connectivity index (χ4n) is 2.44. The Morgan fingerprint density at radius 2 is 0.750 bits per heavy atom. The third-order valence-electron chi connectivity index (χ3n) is 3.91. The van der Waals surface area contributed by atoms with Gasteiger partial charge in [-0.3, -0.25) is 0 Å². The van der Waals surface area contributed by atoms with Crippen LogP contribution in [-0.4, -0.2) is 79.3 Å². The molecule has 28 heavy (non-hydrogen) atoms. The Morgan fingerprint density at radius 1 is 0.464 bits per heavy atom. The third-order valence-corrected chi connectivity index (χ3v) is 4.92. The molecule has 0 amide bonds. The molecule has 1 aliphatic rings. The Labute approximate surface area is 175 Å². The van der Waals surface area contributed by atoms with Gasteiger partial charge in [0.15, 0.2) is 0 Å². The lowest BCUT2D eigenvalue weighted by molar-refractivity contribution is -0.0221. The summed E-state index contributed by atoms with van der Waals surface area (Å²) < 4.78 is 39.8. The highest BCUT2D eigenvalue weighted by atomic mass is 79.9. The summed E-state index contributed by atoms with van der Waals surface area (Å²) in [5.41, 5.74) is 2.18. The molecule has 0 fully saturated rings. The van der Waals surface area contributed by atoms with Gasteiger partial charge < -0.3 is 33.2 Å². The second-order valence-corrected chi connectivity index (χ2v) is 6.85. The molecule has 0 N–H and O–H groups in total. The van der Waals surface area contributed by atoms with Gasteiger partial charge in [0.1, 0.15) is 0 Å². The average molecular weight is 463 g/mol. The lowest BCUT2D eigenvalue weighted by atomic mass is 10.1. The van der Waals surface area contributed by atoms with E-state index in [-0.39, 0.29) is 0 Å². The molecular weight excluding hydrogens is 432 g/mol. The number of benzene rings is 1. The van der Waals surface area contributed by atoms with Gasteiger partial charge in [-0.15, -0.1) is 0 Å². The van der Waals surface area contributed by atoms with E-state index in [1.54, 1.807) is 0 Å². The number of hydrogen-bond acceptors (Lipinski definition) is 7. The summed E-state index contributed by atoms with van der Waals surface area (Å²) in [5.74, 6) is 0. The number of rotatable bonds is 0. The summed E-state index contributed by atoms with van der Waals surface area (Å²) in [6.45, 7) is 7.57. The summed E-state index contributed by atoms with van der Waals surface area (Å²) in [7, 11) is 0. The molecule has 160 valence electrons. The van der Waals surface area contributed by atoms with Crippen molar-refractivity contribution < 1.29 is 33.2 Å². The van der Waals surface area contributed by atoms with E-state index in [9.17, 15) is 0 Å². The molecule has 1 aliphatic heterocycles. The van der Waals surface area contributed by atoms with Gasteiger partial charge in [0, 0.05) is 4.47 Å². The van der Waals surface area contributed by atoms with Gasteiger partial charge >= 0.3 is 0 Å². The number of hydrogen-bond donors (Lipinski definition) is 0. The molecule has 7 nitrogen and oxygen atoms in total. The monoisotopic (exact) mass is 462 g/mol. The first-order valence-corrected chi connectivity index (χ1v) is 10.5. The van der Waals surface area contributed by atoms with Crippen molar-refractivity contribution in [3.8, 4) is 0 Å². The van der Waals surface area contributed by atoms with Crippen LogP contribution in [0, 0.1) is 0 Å². The Bertz CT molecular complexity index is 475. The van der Waals surface area contributed by atoms with Crippen molar-refractivity contribution in [1.29, 1.82) is 0 Å². The first-order chi connectivity index (χ1) is 13.9. The van der Waals surface area contributed by atoms with E-state index in [4.69, 9.17) is 33.2 Å². The lowest BCUT2D eigenvalue weighted by Gasteiger charge is -2.12. The van der Waals surface area contributed by atoms with Gasteiger partial charge in [0.05, 0.1) is 92.5 Å². The molecule has 0 saturated carbocycles. The van der Waals surface area contributed by atoms with Crippen LogP contribution in [0.4, 0.5) is 0 Å². The van der Waals surface area contributed by atoms with Gasteiger partial charge in [-0.2, -0.15) is 0 Å². The summed E-state index contributed by atoms with van der Waals surface area (Å²) in [4.78, 5) is 0. The van der Waals surface area contributed by atoms with Crippen molar-refractivity contribution in [2.75, 3.05) is 79.3 Å². The minimum atomic E-state index is 0.523. The predicted octanol–water partition coefficient (Wildman–Crippen LogP) is 2.58. The molecule has 0 radical (unpaired) electrons. The number of halogens is 1. The zero-order chi connectivity index (χ0) is 19.7. The van der Waals surface area contributed by atoms with Crippen LogP contribution in [0.2, 0.25) is 0 Å². The molecule has 2 rings (SSSR count). The number of fused-ring (bicyclic) bond motifs is 2. The molecule has 1 aromatic carbocycles. The van der Waals surface area contributed by atoms with Crippen molar-refractivity contribution in [2.45, 2.75) is 13.2 Å². The molecule has 0 aliphatic carbocycles. The van der Waals surface area contributed by atoms with E-state index < -0.39 is 0 Å². The van der Waals surface area contributed by atoms with E-state index in [2.05, 4.69) is 15.9 Å². The van der Waals surface area contributed by atoms with Crippen LogP contribution in [0.5, 0.6) is 0 Å². The highest BCUT2D eigenvalue weighted by molar-refractivity contribution is 9.10. The summed E-state index contributed by atoms with van der Waals surface area (Å²) in [5, 5.41) is 0. The molecule has 0 atom stereocenters. The average Bonchev–Trinajstić information content (AvgIpc) is 2.70. The zero-order valence-electron chi connectivity index (χ0n) is 16.4. The summed E-state index contributed by atoms with van der Waals surface area (Å²) in [6.07, 6.45) is 0. The van der Waals surface area contributed by atoms with Crippen LogP contribution >= 0.6 is 15.9 Å². The van der Waals surface area contributed by atoms with E-state index in [1.165, 1.54) is 0 Å². The summed E-state index contributed by atoms with van der Waals surface area (Å²) >= 11 is 3.65. The quantitative estimate of drug-likeness (QED) is 0.586. The van der Waals surface area contributed by atoms with Crippen molar-refractivity contribution in [1.82, 2.24) is 0 Å². The lowest BCUT2D eigenvalue weighted by Crippen LogP contribution is -2.14. The molecule has 0 unspecified atom stereocenters. The number of ether oxygens (including phenoxy) is 7. The maximum Gasteiger partial charge on any atom is 0.0729 e. The molecule has 0 spiro atoms. The van der Waals surface area contributed by atoms with Gasteiger partial charge in [-0.05, 0) is 11.1 Å². The molecule has 0 aromatic heterocycles. The fourth-order valence-corrected chi connectivity index (χ4v) is 2.93. The molecule has 8 heteroatoms. The normalized spacial score (nSPS) is 20.9. The Morgan fingerprint density at radius 3 is 1.07 bits per heavy atom. The van der Waals surface area contributed by atoms with Crippen LogP contribution < -0.4 is 0 Å². The largest absolute Gasteiger partial charge is 0.377 e. The van der Waals surface area contributed by atoms with Gasteiger partial charge in [0.25, 0.3) is 0 Å². The Kier molecular flexibility index (Phi) is 13.7. The molecular formula is C20H31BrO7. The maximum absolute atomic E-state index is 5.70. The minimum absolute atomic E-state index is 0.523. The van der Waals surface area contributed by atoms with E-state index in [0.29, 0.717) is 92.5 Å². The standard InChI is InChI=1S/C20H31BrO7/c21-20-18-2-1-3-19(20)17-28-15-13-26-11-9-24-7-5-22-4-6-23-8-10-25-12-14-27-16-18/h1-3H,4-17H2. The highest BCUT2D eigenvalue weighted by Gasteiger charge is 2.06. The second-order valence-electron chi connectivity index (χ2n) is 6.06. The van der Waals surface area contributed by atoms with Gasteiger partial charge in [-0.25, -0.2) is 0 Å². The Hall–Kier alpha value is -0.580. The van der Waals surface area contributed by atoms with Gasteiger partial charge in [-0.1, -0.05) is 34.1 Å². The van der Waals surface area contributed by atoms with Crippen LogP contribution in [0.3, 0.4) is 0 Å². The van der Waals surface area contributed by atoms with Crippen molar-refractivity contribution in [3.05, 3.63) is 33.8 Å². The van der Waals surface area contributed by atoms with Crippen molar-refractivity contribution in [3.63, 3.8) is 0 Å². The maximum atomic E-state index is 5.70. The second kappa shape index (κ2) is 16.2. The first kappa shape index (κ1) is 23.7. The van der Waals surface area contributed by atoms with Gasteiger partial charge in [0.2, 0.25) is 0 Å². The molecule has 1 aromatic rings. The minimum Gasteiger partial charge on any atom is -0.377 e. The molecule has 0 saturated heterocycles. The highest BCUT2D eigenvalue weighted by Crippen LogP contribution is 2.23. The fraction of sp³-hybridized carbons (Fsp3) is 0.700. The third kappa shape index (κ3) is 10.8. The predicted molar refractivity (Wildman–Crippen MR) is 108 cm³/mol. The van der Waals surface area contributed by atoms with Crippen LogP contribution in [0.1, 0.15) is 11.1 Å². The first-order valence-electron chi connectivity index (χ1n) is 9.68. The van der Waals surface area contributed by atoms with Crippen LogP contribution in [0.25, 0.3) is 0 Å². The van der Waals surface area contributed by atoms with Crippen molar-refractivity contribution >= 4 is 15.9 Å². The van der Waals surface area contributed by atoms with E-state index >= 15 is 0 Å². The zero-order valence-corrected chi connectivity index (χ0v) is 18.0. The van der Waals surface area contributed by atoms with E-state index in [1.807, 2.05) is 18.2 Å². The SMILES string of the molecule is Brc1c2cccc1COCCOCCOCCOCCOCCOCCOC2. The summed E-state index contributed by atoms with van der Waals surface area (Å²) in [6, 6.07) is 6.09. The Balaban J connectivity index is 1.73. The molecule has 1 heterocycles. The topological polar surface area (TPSA) is 64.6 Å². The van der Waals surface area contributed by atoms with Crippen LogP contribution in [0.15, 0.2) is 22.7 Å².